The Balaban J connectivity index is 2.10. The van der Waals surface area contributed by atoms with Crippen LogP contribution in [0.3, 0.4) is 0 Å². The zero-order valence-electron chi connectivity index (χ0n) is 14.3. The van der Waals surface area contributed by atoms with Crippen molar-refractivity contribution in [3.05, 3.63) is 59.6 Å². The minimum atomic E-state index is -1.06. The van der Waals surface area contributed by atoms with E-state index in [0.29, 0.717) is 12.2 Å². The molecule has 1 aromatic heterocycles. The van der Waals surface area contributed by atoms with E-state index in [-0.39, 0.29) is 11.9 Å². The summed E-state index contributed by atoms with van der Waals surface area (Å²) < 4.78 is 15.5. The normalized spacial score (nSPS) is 11.4. The summed E-state index contributed by atoms with van der Waals surface area (Å²) >= 11 is 0. The van der Waals surface area contributed by atoms with Crippen molar-refractivity contribution in [1.29, 1.82) is 0 Å². The van der Waals surface area contributed by atoms with E-state index in [4.69, 9.17) is 9.15 Å². The predicted molar refractivity (Wildman–Crippen MR) is 91.3 cm³/mol. The van der Waals surface area contributed by atoms with Gasteiger partial charge < -0.3 is 19.0 Å². The Morgan fingerprint density at radius 2 is 2.00 bits per heavy atom. The van der Waals surface area contributed by atoms with Gasteiger partial charge in [0.25, 0.3) is 5.78 Å². The van der Waals surface area contributed by atoms with Gasteiger partial charge in [-0.05, 0) is 43.7 Å². The molecule has 0 bridgehead atoms. The van der Waals surface area contributed by atoms with E-state index in [9.17, 15) is 14.7 Å². The number of ketones is 1. The number of furan rings is 1. The fourth-order valence-electron chi connectivity index (χ4n) is 2.17. The maximum Gasteiger partial charge on any atom is 0.378 e. The Morgan fingerprint density at radius 1 is 1.24 bits per heavy atom. The first-order valence-electron chi connectivity index (χ1n) is 7.76. The van der Waals surface area contributed by atoms with Crippen LogP contribution < -0.4 is 4.74 Å². The lowest BCUT2D eigenvalue weighted by atomic mass is 10.1. The van der Waals surface area contributed by atoms with Crippen LogP contribution >= 0.6 is 0 Å². The molecule has 1 heterocycles. The summed E-state index contributed by atoms with van der Waals surface area (Å²) in [7, 11) is 1.09. The molecule has 6 heteroatoms. The Kier molecular flexibility index (Phi) is 6.00. The Labute approximate surface area is 145 Å². The first-order valence-corrected chi connectivity index (χ1v) is 7.76. The molecular formula is C19H20O6. The van der Waals surface area contributed by atoms with Gasteiger partial charge in [-0.2, -0.15) is 0 Å². The van der Waals surface area contributed by atoms with E-state index in [0.717, 1.165) is 24.5 Å². The van der Waals surface area contributed by atoms with E-state index < -0.39 is 17.5 Å². The van der Waals surface area contributed by atoms with Crippen molar-refractivity contribution < 1.29 is 28.6 Å². The number of carbonyl (C=O) groups excluding carboxylic acids is 2. The Morgan fingerprint density at radius 3 is 2.68 bits per heavy atom. The van der Waals surface area contributed by atoms with Gasteiger partial charge in [-0.15, -0.1) is 0 Å². The fourth-order valence-corrected chi connectivity index (χ4v) is 2.17. The van der Waals surface area contributed by atoms with Gasteiger partial charge in [0.1, 0.15) is 11.5 Å². The number of rotatable bonds is 7. The van der Waals surface area contributed by atoms with Gasteiger partial charge in [0, 0.05) is 12.5 Å². The molecular weight excluding hydrogens is 324 g/mol. The molecule has 0 aliphatic carbocycles. The number of ether oxygens (including phenoxy) is 2. The molecule has 0 unspecified atom stereocenters. The van der Waals surface area contributed by atoms with Gasteiger partial charge in [0.05, 0.1) is 13.2 Å². The number of carbonyl (C=O) groups is 2. The van der Waals surface area contributed by atoms with E-state index in [2.05, 4.69) is 4.74 Å². The number of methoxy groups -OCH3 is 1. The second-order valence-electron chi connectivity index (χ2n) is 5.64. The molecule has 6 nitrogen and oxygen atoms in total. The second kappa shape index (κ2) is 8.19. The molecule has 1 aromatic carbocycles. The van der Waals surface area contributed by atoms with Gasteiger partial charge in [-0.3, -0.25) is 4.79 Å². The van der Waals surface area contributed by atoms with Crippen molar-refractivity contribution in [3.8, 4) is 5.75 Å². The van der Waals surface area contributed by atoms with E-state index in [1.807, 2.05) is 38.1 Å². The molecule has 0 amide bonds. The predicted octanol–water partition coefficient (Wildman–Crippen LogP) is 3.30. The lowest BCUT2D eigenvalue weighted by molar-refractivity contribution is -0.149. The van der Waals surface area contributed by atoms with Crippen LogP contribution in [0.5, 0.6) is 5.75 Å². The number of aliphatic hydroxyl groups is 1. The molecule has 0 saturated heterocycles. The van der Waals surface area contributed by atoms with Crippen molar-refractivity contribution in [2.75, 3.05) is 7.11 Å². The highest BCUT2D eigenvalue weighted by atomic mass is 16.5. The molecule has 132 valence electrons. The van der Waals surface area contributed by atoms with Crippen LogP contribution in [0.4, 0.5) is 0 Å². The summed E-state index contributed by atoms with van der Waals surface area (Å²) in [5, 5.41) is 9.88. The summed E-state index contributed by atoms with van der Waals surface area (Å²) in [6, 6.07) is 10.8. The average Bonchev–Trinajstić information content (AvgIpc) is 3.02. The third kappa shape index (κ3) is 5.24. The van der Waals surface area contributed by atoms with Gasteiger partial charge >= 0.3 is 5.97 Å². The summed E-state index contributed by atoms with van der Waals surface area (Å²) in [4.78, 5) is 22.5. The number of benzene rings is 1. The topological polar surface area (TPSA) is 86.0 Å². The maximum atomic E-state index is 11.4. The maximum absolute atomic E-state index is 11.4. The summed E-state index contributed by atoms with van der Waals surface area (Å²) in [5.41, 5.74) is 0.980. The molecule has 0 atom stereocenters. The zero-order valence-corrected chi connectivity index (χ0v) is 14.3. The lowest BCUT2D eigenvalue weighted by Gasteiger charge is -2.10. The number of aliphatic hydroxyl groups excluding tert-OH is 1. The van der Waals surface area contributed by atoms with Crippen molar-refractivity contribution in [2.45, 2.75) is 26.4 Å². The van der Waals surface area contributed by atoms with Crippen molar-refractivity contribution >= 4 is 17.5 Å². The smallest absolute Gasteiger partial charge is 0.378 e. The van der Waals surface area contributed by atoms with Crippen LogP contribution in [0.1, 0.15) is 30.9 Å². The second-order valence-corrected chi connectivity index (χ2v) is 5.64. The van der Waals surface area contributed by atoms with Crippen LogP contribution in [0.2, 0.25) is 0 Å². The van der Waals surface area contributed by atoms with Crippen LogP contribution in [0.15, 0.2) is 46.9 Å². The zero-order chi connectivity index (χ0) is 18.4. The SMILES string of the molecule is COC(=O)C(=O)C=C(O)c1ccc(Cc2cccc(OC(C)C)c2)o1. The largest absolute Gasteiger partial charge is 0.504 e. The minimum absolute atomic E-state index is 0.0832. The van der Waals surface area contributed by atoms with Crippen LogP contribution in [0.25, 0.3) is 5.76 Å². The highest BCUT2D eigenvalue weighted by Gasteiger charge is 2.15. The highest BCUT2D eigenvalue weighted by Crippen LogP contribution is 2.21. The average molecular weight is 344 g/mol. The molecule has 2 rings (SSSR count). The molecule has 0 radical (unpaired) electrons. The van der Waals surface area contributed by atoms with Crippen molar-refractivity contribution in [2.24, 2.45) is 0 Å². The molecule has 0 aliphatic rings. The van der Waals surface area contributed by atoms with Gasteiger partial charge in [-0.1, -0.05) is 12.1 Å². The Bertz CT molecular complexity index is 785. The number of esters is 1. The fraction of sp³-hybridized carbons (Fsp3) is 0.263. The van der Waals surface area contributed by atoms with Gasteiger partial charge in [-0.25, -0.2) is 4.79 Å². The molecule has 1 N–H and O–H groups in total. The Hall–Kier alpha value is -3.02. The monoisotopic (exact) mass is 344 g/mol. The number of hydrogen-bond donors (Lipinski definition) is 1. The van der Waals surface area contributed by atoms with Gasteiger partial charge in [0.2, 0.25) is 0 Å². The van der Waals surface area contributed by atoms with E-state index in [1.165, 1.54) is 6.07 Å². The first kappa shape index (κ1) is 18.3. The van der Waals surface area contributed by atoms with Crippen molar-refractivity contribution in [3.63, 3.8) is 0 Å². The molecule has 25 heavy (non-hydrogen) atoms. The van der Waals surface area contributed by atoms with Crippen LogP contribution in [-0.2, 0) is 20.7 Å². The molecule has 0 aliphatic heterocycles. The molecule has 0 saturated carbocycles. The summed E-state index contributed by atoms with van der Waals surface area (Å²) in [6.45, 7) is 3.91. The third-order valence-corrected chi connectivity index (χ3v) is 3.22. The van der Waals surface area contributed by atoms with E-state index >= 15 is 0 Å². The molecule has 0 fully saturated rings. The van der Waals surface area contributed by atoms with Crippen LogP contribution in [0, 0.1) is 0 Å². The standard InChI is InChI=1S/C19H20O6/c1-12(2)24-14-6-4-5-13(9-14)10-15-7-8-18(25-15)16(20)11-17(21)19(22)23-3/h4-9,11-12,20H,10H2,1-3H3. The van der Waals surface area contributed by atoms with Crippen molar-refractivity contribution in [1.82, 2.24) is 0 Å². The number of hydrogen-bond acceptors (Lipinski definition) is 6. The van der Waals surface area contributed by atoms with Gasteiger partial charge in [0.15, 0.2) is 11.5 Å². The quantitative estimate of drug-likeness (QED) is 0.359. The molecule has 2 aromatic rings. The lowest BCUT2D eigenvalue weighted by Crippen LogP contribution is -2.12. The highest BCUT2D eigenvalue weighted by molar-refractivity contribution is 6.39. The first-order chi connectivity index (χ1) is 11.9. The van der Waals surface area contributed by atoms with E-state index in [1.54, 1.807) is 6.07 Å². The minimum Gasteiger partial charge on any atom is -0.504 e. The third-order valence-electron chi connectivity index (χ3n) is 3.22. The summed E-state index contributed by atoms with van der Waals surface area (Å²) in [5.74, 6) is -0.981. The van der Waals surface area contributed by atoms with Crippen LogP contribution in [-0.4, -0.2) is 30.1 Å². The molecule has 0 spiro atoms. The summed E-state index contributed by atoms with van der Waals surface area (Å²) in [6.07, 6.45) is 1.35.